The van der Waals surface area contributed by atoms with E-state index in [1.165, 1.54) is 6.07 Å². The van der Waals surface area contributed by atoms with Crippen molar-refractivity contribution in [2.75, 3.05) is 39.2 Å². The molecule has 0 radical (unpaired) electrons. The fourth-order valence-electron chi connectivity index (χ4n) is 3.33. The molecule has 1 aromatic heterocycles. The van der Waals surface area contributed by atoms with Crippen molar-refractivity contribution >= 4 is 17.3 Å². The number of rotatable bonds is 11. The molecule has 1 heterocycles. The Morgan fingerprint density at radius 1 is 1.22 bits per heavy atom. The second kappa shape index (κ2) is 11.1. The van der Waals surface area contributed by atoms with Crippen LogP contribution in [0.2, 0.25) is 0 Å². The number of carbonyl (C=O) groups is 1. The van der Waals surface area contributed by atoms with Crippen molar-refractivity contribution in [1.29, 1.82) is 0 Å². The van der Waals surface area contributed by atoms with E-state index in [2.05, 4.69) is 15.5 Å². The fraction of sp³-hybridized carbons (Fsp3) is 0.304. The third-order valence-corrected chi connectivity index (χ3v) is 5.05. The van der Waals surface area contributed by atoms with Crippen LogP contribution in [0.4, 0.5) is 11.4 Å². The van der Waals surface area contributed by atoms with Crippen LogP contribution in [0.15, 0.2) is 54.6 Å². The molecule has 168 valence electrons. The molecule has 0 saturated heterocycles. The Morgan fingerprint density at radius 3 is 2.72 bits per heavy atom. The summed E-state index contributed by atoms with van der Waals surface area (Å²) in [7, 11) is 3.25. The van der Waals surface area contributed by atoms with Crippen molar-refractivity contribution in [2.24, 2.45) is 0 Å². The van der Waals surface area contributed by atoms with E-state index in [1.807, 2.05) is 36.4 Å². The number of aromatic amines is 1. The summed E-state index contributed by atoms with van der Waals surface area (Å²) in [6.07, 6.45) is 1.47. The predicted molar refractivity (Wildman–Crippen MR) is 123 cm³/mol. The highest BCUT2D eigenvalue weighted by molar-refractivity contribution is 5.95. The number of hydrogen-bond acceptors (Lipinski definition) is 6. The van der Waals surface area contributed by atoms with E-state index in [0.29, 0.717) is 25.4 Å². The molecule has 0 aliphatic carbocycles. The summed E-state index contributed by atoms with van der Waals surface area (Å²) in [4.78, 5) is 25.3. The molecule has 0 aliphatic rings. The molecule has 3 aromatic rings. The molecule has 0 fully saturated rings. The molecule has 3 rings (SSSR count). The fourth-order valence-corrected chi connectivity index (χ4v) is 3.33. The lowest BCUT2D eigenvalue weighted by Crippen LogP contribution is -2.28. The Kier molecular flexibility index (Phi) is 7.93. The molecular weight excluding hydrogens is 410 g/mol. The van der Waals surface area contributed by atoms with Crippen LogP contribution >= 0.6 is 0 Å². The Hall–Kier alpha value is -3.72. The number of amides is 1. The first-order valence-corrected chi connectivity index (χ1v) is 10.4. The van der Waals surface area contributed by atoms with Crippen LogP contribution in [0, 0.1) is 10.1 Å². The molecular formula is C23H27N5O4. The van der Waals surface area contributed by atoms with Crippen LogP contribution in [0.25, 0.3) is 11.3 Å². The lowest BCUT2D eigenvalue weighted by molar-refractivity contribution is -0.384. The average molecular weight is 438 g/mol. The van der Waals surface area contributed by atoms with Gasteiger partial charge in [0.05, 0.1) is 17.2 Å². The molecule has 0 spiro atoms. The number of benzene rings is 2. The summed E-state index contributed by atoms with van der Waals surface area (Å²) < 4.78 is 4.95. The zero-order valence-corrected chi connectivity index (χ0v) is 18.2. The van der Waals surface area contributed by atoms with E-state index < -0.39 is 4.92 Å². The average Bonchev–Trinajstić information content (AvgIpc) is 3.28. The lowest BCUT2D eigenvalue weighted by atomic mass is 10.1. The summed E-state index contributed by atoms with van der Waals surface area (Å²) in [5, 5.41) is 21.8. The molecule has 9 heteroatoms. The molecule has 1 amide bonds. The molecule has 2 aromatic carbocycles. The monoisotopic (exact) mass is 437 g/mol. The maximum Gasteiger partial charge on any atom is 0.293 e. The van der Waals surface area contributed by atoms with Gasteiger partial charge in [0.15, 0.2) is 0 Å². The molecule has 2 N–H and O–H groups in total. The summed E-state index contributed by atoms with van der Waals surface area (Å²) in [5.74, 6) is -0.258. The number of anilines is 1. The Balaban J connectivity index is 1.57. The van der Waals surface area contributed by atoms with E-state index in [9.17, 15) is 14.9 Å². The third-order valence-electron chi connectivity index (χ3n) is 5.05. The van der Waals surface area contributed by atoms with Gasteiger partial charge in [0, 0.05) is 50.1 Å². The van der Waals surface area contributed by atoms with Gasteiger partial charge in [-0.3, -0.25) is 20.0 Å². The van der Waals surface area contributed by atoms with Crippen LogP contribution in [-0.2, 0) is 11.2 Å². The van der Waals surface area contributed by atoms with Crippen LogP contribution in [0.1, 0.15) is 22.5 Å². The minimum atomic E-state index is -0.492. The number of ether oxygens (including phenoxy) is 1. The molecule has 32 heavy (non-hydrogen) atoms. The highest BCUT2D eigenvalue weighted by atomic mass is 16.6. The zero-order valence-electron chi connectivity index (χ0n) is 18.2. The van der Waals surface area contributed by atoms with Crippen molar-refractivity contribution in [2.45, 2.75) is 12.8 Å². The predicted octanol–water partition coefficient (Wildman–Crippen LogP) is 3.75. The summed E-state index contributed by atoms with van der Waals surface area (Å²) in [6.45, 7) is 1.37. The van der Waals surface area contributed by atoms with Crippen LogP contribution in [0.3, 0.4) is 0 Å². The number of aryl methyl sites for hydroxylation is 1. The van der Waals surface area contributed by atoms with E-state index in [1.54, 1.807) is 31.2 Å². The Labute approximate surface area is 186 Å². The highest BCUT2D eigenvalue weighted by Crippen LogP contribution is 2.26. The number of nitro groups is 1. The number of H-pyrrole nitrogens is 1. The van der Waals surface area contributed by atoms with E-state index in [-0.39, 0.29) is 17.2 Å². The topological polar surface area (TPSA) is 113 Å². The first-order valence-electron chi connectivity index (χ1n) is 10.4. The molecule has 0 saturated carbocycles. The largest absolute Gasteiger partial charge is 0.383 e. The van der Waals surface area contributed by atoms with Crippen molar-refractivity contribution in [1.82, 2.24) is 15.1 Å². The van der Waals surface area contributed by atoms with Crippen LogP contribution < -0.4 is 5.32 Å². The van der Waals surface area contributed by atoms with Crippen molar-refractivity contribution in [3.8, 4) is 11.3 Å². The standard InChI is InChI=1S/C23H27N5O4/c1-27(13-6-9-19-16-21(26-25-19)17-7-4-3-5-8-17)23(29)18-10-11-20(24-12-14-32-2)22(15-18)28(30)31/h3-5,7-8,10-11,15-16,24H,6,9,12-14H2,1-2H3,(H,25,26). The number of nitrogens with one attached hydrogen (secondary N) is 2. The van der Waals surface area contributed by atoms with Gasteiger partial charge in [0.25, 0.3) is 11.6 Å². The van der Waals surface area contributed by atoms with Gasteiger partial charge in [0.1, 0.15) is 5.69 Å². The van der Waals surface area contributed by atoms with E-state index in [4.69, 9.17) is 4.74 Å². The molecule has 0 atom stereocenters. The smallest absolute Gasteiger partial charge is 0.293 e. The van der Waals surface area contributed by atoms with Crippen molar-refractivity contribution < 1.29 is 14.5 Å². The summed E-state index contributed by atoms with van der Waals surface area (Å²) in [5.41, 5.74) is 3.43. The second-order valence-electron chi connectivity index (χ2n) is 7.38. The van der Waals surface area contributed by atoms with Gasteiger partial charge in [-0.25, -0.2) is 0 Å². The normalized spacial score (nSPS) is 10.7. The van der Waals surface area contributed by atoms with E-state index >= 15 is 0 Å². The second-order valence-corrected chi connectivity index (χ2v) is 7.38. The maximum absolute atomic E-state index is 12.8. The first kappa shape index (κ1) is 23.0. The molecule has 0 unspecified atom stereocenters. The van der Waals surface area contributed by atoms with Crippen molar-refractivity contribution in [3.63, 3.8) is 0 Å². The van der Waals surface area contributed by atoms with Crippen LogP contribution in [0.5, 0.6) is 0 Å². The van der Waals surface area contributed by atoms with Gasteiger partial charge in [-0.15, -0.1) is 0 Å². The summed E-state index contributed by atoms with van der Waals surface area (Å²) >= 11 is 0. The number of hydrogen-bond donors (Lipinski definition) is 2. The minimum Gasteiger partial charge on any atom is -0.383 e. The minimum absolute atomic E-state index is 0.133. The lowest BCUT2D eigenvalue weighted by Gasteiger charge is -2.17. The van der Waals surface area contributed by atoms with Gasteiger partial charge < -0.3 is 15.0 Å². The number of aromatic nitrogens is 2. The summed E-state index contributed by atoms with van der Waals surface area (Å²) in [6, 6.07) is 16.4. The Bertz CT molecular complexity index is 1050. The number of methoxy groups -OCH3 is 1. The van der Waals surface area contributed by atoms with Gasteiger partial charge in [-0.05, 0) is 31.0 Å². The number of nitrogens with zero attached hydrogens (tertiary/aromatic N) is 3. The number of nitro benzene ring substituents is 1. The van der Waals surface area contributed by atoms with Gasteiger partial charge in [0.2, 0.25) is 0 Å². The quantitative estimate of drug-likeness (QED) is 0.268. The highest BCUT2D eigenvalue weighted by Gasteiger charge is 2.19. The van der Waals surface area contributed by atoms with Crippen molar-refractivity contribution in [3.05, 3.63) is 76.0 Å². The molecule has 9 nitrogen and oxygen atoms in total. The van der Waals surface area contributed by atoms with Gasteiger partial charge in [-0.2, -0.15) is 5.10 Å². The molecule has 0 aliphatic heterocycles. The first-order chi connectivity index (χ1) is 15.5. The SMILES string of the molecule is COCCNc1ccc(C(=O)N(C)CCCc2cc(-c3ccccc3)n[nH]2)cc1[N+](=O)[O-]. The van der Waals surface area contributed by atoms with Gasteiger partial charge >= 0.3 is 0 Å². The van der Waals surface area contributed by atoms with E-state index in [0.717, 1.165) is 29.8 Å². The van der Waals surface area contributed by atoms with Crippen LogP contribution in [-0.4, -0.2) is 59.8 Å². The zero-order chi connectivity index (χ0) is 22.9. The maximum atomic E-state index is 12.8. The Morgan fingerprint density at radius 2 is 2.00 bits per heavy atom. The third kappa shape index (κ3) is 5.92. The molecule has 0 bridgehead atoms. The van der Waals surface area contributed by atoms with Gasteiger partial charge in [-0.1, -0.05) is 30.3 Å². The number of carbonyl (C=O) groups excluding carboxylic acids is 1.